The Kier molecular flexibility index (Phi) is 8.78. The van der Waals surface area contributed by atoms with Gasteiger partial charge in [-0.25, -0.2) is 0 Å². The molecule has 2 atom stereocenters. The van der Waals surface area contributed by atoms with E-state index in [4.69, 9.17) is 4.74 Å². The minimum atomic E-state index is -0.517. The van der Waals surface area contributed by atoms with Gasteiger partial charge in [0, 0.05) is 19.0 Å². The zero-order valence-corrected chi connectivity index (χ0v) is 14.0. The molecule has 0 saturated heterocycles. The fraction of sp³-hybridized carbons (Fsp3) is 0.611. The van der Waals surface area contributed by atoms with E-state index in [-0.39, 0.29) is 12.4 Å². The van der Waals surface area contributed by atoms with Gasteiger partial charge in [-0.3, -0.25) is 0 Å². The van der Waals surface area contributed by atoms with E-state index in [1.807, 2.05) is 24.3 Å². The van der Waals surface area contributed by atoms with E-state index in [0.29, 0.717) is 19.0 Å². The number of ether oxygens (including phenoxy) is 1. The minimum absolute atomic E-state index is 0.202. The molecule has 0 spiro atoms. The lowest BCUT2D eigenvalue weighted by Crippen LogP contribution is -2.36. The molecule has 0 bridgehead atoms. The average molecular weight is 307 g/mol. The van der Waals surface area contributed by atoms with Crippen molar-refractivity contribution in [2.75, 3.05) is 13.2 Å². The molecule has 1 aromatic rings. The van der Waals surface area contributed by atoms with Gasteiger partial charge in [0.25, 0.3) is 0 Å². The third-order valence-corrected chi connectivity index (χ3v) is 3.56. The van der Waals surface area contributed by atoms with Crippen molar-refractivity contribution in [1.29, 1.82) is 0 Å². The molecule has 0 aromatic heterocycles. The first-order chi connectivity index (χ1) is 10.5. The maximum Gasteiger partial charge on any atom is 0.130 e. The van der Waals surface area contributed by atoms with Crippen molar-refractivity contribution in [3.8, 4) is 5.75 Å². The zero-order valence-electron chi connectivity index (χ0n) is 14.0. The Morgan fingerprint density at radius 3 is 2.59 bits per heavy atom. The maximum absolute atomic E-state index is 11.0. The van der Waals surface area contributed by atoms with Crippen LogP contribution in [0.15, 0.2) is 24.3 Å². The van der Waals surface area contributed by atoms with Gasteiger partial charge < -0.3 is 20.0 Å². The van der Waals surface area contributed by atoms with E-state index >= 15 is 0 Å². The molecule has 2 N–H and O–H groups in total. The second kappa shape index (κ2) is 10.4. The van der Waals surface area contributed by atoms with Crippen LogP contribution in [0.2, 0.25) is 0 Å². The second-order valence-corrected chi connectivity index (χ2v) is 5.91. The van der Waals surface area contributed by atoms with Gasteiger partial charge >= 0.3 is 0 Å². The van der Waals surface area contributed by atoms with Crippen LogP contribution in [0.25, 0.3) is 0 Å². The summed E-state index contributed by atoms with van der Waals surface area (Å²) in [7, 11) is 0. The quantitative estimate of drug-likeness (QED) is 0.660. The summed E-state index contributed by atoms with van der Waals surface area (Å²) in [5.74, 6) is 0.945. The van der Waals surface area contributed by atoms with Gasteiger partial charge in [-0.05, 0) is 44.4 Å². The Morgan fingerprint density at radius 1 is 1.32 bits per heavy atom. The van der Waals surface area contributed by atoms with Crippen molar-refractivity contribution in [1.82, 2.24) is 5.32 Å². The molecule has 0 aliphatic rings. The summed E-state index contributed by atoms with van der Waals surface area (Å²) in [5, 5.41) is 13.2. The van der Waals surface area contributed by atoms with Crippen LogP contribution < -0.4 is 10.1 Å². The van der Waals surface area contributed by atoms with Crippen LogP contribution in [0.4, 0.5) is 0 Å². The average Bonchev–Trinajstić information content (AvgIpc) is 2.50. The van der Waals surface area contributed by atoms with Crippen molar-refractivity contribution in [3.05, 3.63) is 29.8 Å². The number of aliphatic hydroxyl groups excluding tert-OH is 1. The lowest BCUT2D eigenvalue weighted by Gasteiger charge is -2.17. The highest BCUT2D eigenvalue weighted by atomic mass is 16.5. The van der Waals surface area contributed by atoms with E-state index in [9.17, 15) is 9.90 Å². The third-order valence-electron chi connectivity index (χ3n) is 3.56. The number of aliphatic hydroxyl groups is 1. The van der Waals surface area contributed by atoms with Crippen molar-refractivity contribution < 1.29 is 14.6 Å². The topological polar surface area (TPSA) is 58.6 Å². The Labute approximate surface area is 133 Å². The number of benzene rings is 1. The van der Waals surface area contributed by atoms with E-state index in [1.54, 1.807) is 6.92 Å². The van der Waals surface area contributed by atoms with E-state index in [1.165, 1.54) is 0 Å². The monoisotopic (exact) mass is 307 g/mol. The largest absolute Gasteiger partial charge is 0.491 e. The molecule has 0 fully saturated rings. The summed E-state index contributed by atoms with van der Waals surface area (Å²) in [4.78, 5) is 11.0. The molecule has 0 aliphatic heterocycles. The Bertz CT molecular complexity index is 430. The number of nitrogens with one attached hydrogen (secondary N) is 1. The molecule has 1 aromatic carbocycles. The lowest BCUT2D eigenvalue weighted by molar-refractivity contribution is -0.116. The summed E-state index contributed by atoms with van der Waals surface area (Å²) in [6.07, 6.45) is 3.06. The van der Waals surface area contributed by atoms with Crippen LogP contribution >= 0.6 is 0 Å². The van der Waals surface area contributed by atoms with Crippen LogP contribution in [0.3, 0.4) is 0 Å². The standard InChI is InChI=1S/C18H29NO3/c1-4-5-14(2)19-12-17(21)13-22-18-10-8-16(9-11-18)7-6-15(3)20/h8-11,14,17,19,21H,4-7,12-13H2,1-3H3. The lowest BCUT2D eigenvalue weighted by atomic mass is 10.1. The van der Waals surface area contributed by atoms with Crippen molar-refractivity contribution in [2.24, 2.45) is 0 Å². The minimum Gasteiger partial charge on any atom is -0.491 e. The maximum atomic E-state index is 11.0. The summed E-state index contributed by atoms with van der Waals surface area (Å²) in [6, 6.07) is 8.11. The number of hydrogen-bond donors (Lipinski definition) is 2. The Morgan fingerprint density at radius 2 is 2.00 bits per heavy atom. The molecule has 0 radical (unpaired) electrons. The Balaban J connectivity index is 2.27. The number of aryl methyl sites for hydroxylation is 1. The number of Topliss-reactive ketones (excluding diaryl/α,β-unsaturated/α-hetero) is 1. The predicted molar refractivity (Wildman–Crippen MR) is 89.3 cm³/mol. The van der Waals surface area contributed by atoms with Gasteiger partial charge in [-0.2, -0.15) is 0 Å². The van der Waals surface area contributed by atoms with E-state index in [2.05, 4.69) is 19.2 Å². The number of carbonyl (C=O) groups excluding carboxylic acids is 1. The summed E-state index contributed by atoms with van der Waals surface area (Å²) >= 11 is 0. The fourth-order valence-corrected chi connectivity index (χ4v) is 2.20. The van der Waals surface area contributed by atoms with Crippen molar-refractivity contribution >= 4 is 5.78 Å². The second-order valence-electron chi connectivity index (χ2n) is 5.91. The van der Waals surface area contributed by atoms with Gasteiger partial charge in [-0.1, -0.05) is 25.5 Å². The normalized spacial score (nSPS) is 13.6. The van der Waals surface area contributed by atoms with Gasteiger partial charge in [0.2, 0.25) is 0 Å². The van der Waals surface area contributed by atoms with Gasteiger partial charge in [-0.15, -0.1) is 0 Å². The molecule has 0 saturated carbocycles. The zero-order chi connectivity index (χ0) is 16.4. The first-order valence-corrected chi connectivity index (χ1v) is 8.14. The number of ketones is 1. The molecule has 0 amide bonds. The number of rotatable bonds is 11. The van der Waals surface area contributed by atoms with E-state index < -0.39 is 6.10 Å². The van der Waals surface area contributed by atoms with Crippen LogP contribution in [0.1, 0.15) is 45.6 Å². The molecule has 4 heteroatoms. The Hall–Kier alpha value is -1.39. The highest BCUT2D eigenvalue weighted by molar-refractivity contribution is 5.75. The SMILES string of the molecule is CCCC(C)NCC(O)COc1ccc(CCC(C)=O)cc1. The van der Waals surface area contributed by atoms with Gasteiger partial charge in [0.15, 0.2) is 0 Å². The summed E-state index contributed by atoms with van der Waals surface area (Å²) in [5.41, 5.74) is 1.12. The van der Waals surface area contributed by atoms with Gasteiger partial charge in [0.1, 0.15) is 24.2 Å². The molecule has 1 rings (SSSR count). The molecule has 4 nitrogen and oxygen atoms in total. The van der Waals surface area contributed by atoms with E-state index in [0.717, 1.165) is 30.6 Å². The van der Waals surface area contributed by atoms with Crippen LogP contribution in [0, 0.1) is 0 Å². The van der Waals surface area contributed by atoms with Crippen molar-refractivity contribution in [3.63, 3.8) is 0 Å². The first kappa shape index (κ1) is 18.7. The van der Waals surface area contributed by atoms with Crippen molar-refractivity contribution in [2.45, 2.75) is 58.6 Å². The summed E-state index contributed by atoms with van der Waals surface area (Å²) < 4.78 is 5.58. The van der Waals surface area contributed by atoms with Gasteiger partial charge in [0.05, 0.1) is 0 Å². The fourth-order valence-electron chi connectivity index (χ4n) is 2.20. The first-order valence-electron chi connectivity index (χ1n) is 8.14. The highest BCUT2D eigenvalue weighted by Crippen LogP contribution is 2.13. The highest BCUT2D eigenvalue weighted by Gasteiger charge is 2.07. The summed E-state index contributed by atoms with van der Waals surface area (Å²) in [6.45, 7) is 6.69. The van der Waals surface area contributed by atoms with Crippen LogP contribution in [0.5, 0.6) is 5.75 Å². The molecular formula is C18H29NO3. The number of hydrogen-bond acceptors (Lipinski definition) is 4. The molecule has 124 valence electrons. The van der Waals surface area contributed by atoms with Crippen LogP contribution in [-0.4, -0.2) is 36.2 Å². The molecule has 0 heterocycles. The number of carbonyl (C=O) groups is 1. The smallest absolute Gasteiger partial charge is 0.130 e. The molecule has 22 heavy (non-hydrogen) atoms. The molecule has 2 unspecified atom stereocenters. The van der Waals surface area contributed by atoms with Crippen LogP contribution in [-0.2, 0) is 11.2 Å². The molecular weight excluding hydrogens is 278 g/mol. The predicted octanol–water partition coefficient (Wildman–Crippen LogP) is 2.73. The molecule has 0 aliphatic carbocycles. The third kappa shape index (κ3) is 8.15.